The summed E-state index contributed by atoms with van der Waals surface area (Å²) in [7, 11) is 0. The van der Waals surface area contributed by atoms with E-state index < -0.39 is 11.6 Å². The van der Waals surface area contributed by atoms with Gasteiger partial charge in [-0.05, 0) is 51.4 Å². The van der Waals surface area contributed by atoms with Gasteiger partial charge < -0.3 is 10.2 Å². The Morgan fingerprint density at radius 1 is 1.38 bits per heavy atom. The summed E-state index contributed by atoms with van der Waals surface area (Å²) < 4.78 is 0. The first-order valence-corrected chi connectivity index (χ1v) is 9.47. The molecule has 0 bridgehead atoms. The van der Waals surface area contributed by atoms with E-state index in [0.717, 1.165) is 6.42 Å². The molecular formula is C22H32O4. The zero-order valence-electron chi connectivity index (χ0n) is 16.2. The number of allylic oxidation sites excluding steroid dienone is 3. The number of rotatable bonds is 10. The Morgan fingerprint density at radius 2 is 2.12 bits per heavy atom. The fraction of sp³-hybridized carbons (Fsp3) is 0.636. The summed E-state index contributed by atoms with van der Waals surface area (Å²) in [4.78, 5) is 22.8. The van der Waals surface area contributed by atoms with Crippen LogP contribution in [-0.2, 0) is 9.59 Å². The van der Waals surface area contributed by atoms with Gasteiger partial charge in [0.15, 0.2) is 0 Å². The fourth-order valence-electron chi connectivity index (χ4n) is 3.40. The monoisotopic (exact) mass is 360 g/mol. The van der Waals surface area contributed by atoms with Crippen molar-refractivity contribution in [3.05, 3.63) is 24.3 Å². The Bertz CT molecular complexity index is 589. The molecule has 1 rings (SSSR count). The number of carboxylic acid groups (broad SMARTS) is 1. The fourth-order valence-corrected chi connectivity index (χ4v) is 3.40. The van der Waals surface area contributed by atoms with Crippen LogP contribution in [0.3, 0.4) is 0 Å². The van der Waals surface area contributed by atoms with Crippen LogP contribution in [0, 0.1) is 29.6 Å². The molecule has 1 aliphatic rings. The molecular weight excluding hydrogens is 328 g/mol. The van der Waals surface area contributed by atoms with E-state index in [2.05, 4.69) is 18.8 Å². The number of aliphatic hydroxyl groups is 1. The van der Waals surface area contributed by atoms with Gasteiger partial charge in [0, 0.05) is 25.2 Å². The highest BCUT2D eigenvalue weighted by molar-refractivity contribution is 5.84. The van der Waals surface area contributed by atoms with Crippen molar-refractivity contribution in [1.82, 2.24) is 0 Å². The van der Waals surface area contributed by atoms with Crippen molar-refractivity contribution < 1.29 is 19.8 Å². The van der Waals surface area contributed by atoms with Crippen LogP contribution in [0.1, 0.15) is 65.7 Å². The highest BCUT2D eigenvalue weighted by atomic mass is 16.4. The van der Waals surface area contributed by atoms with Crippen molar-refractivity contribution in [1.29, 1.82) is 0 Å². The molecule has 26 heavy (non-hydrogen) atoms. The molecule has 4 heteroatoms. The number of carbonyl (C=O) groups excluding carboxylic acids is 1. The van der Waals surface area contributed by atoms with Gasteiger partial charge in [0.2, 0.25) is 0 Å². The van der Waals surface area contributed by atoms with E-state index in [9.17, 15) is 14.7 Å². The number of ketones is 1. The van der Waals surface area contributed by atoms with Crippen LogP contribution in [0.4, 0.5) is 0 Å². The summed E-state index contributed by atoms with van der Waals surface area (Å²) in [6.45, 7) is 5.65. The maximum Gasteiger partial charge on any atom is 0.303 e. The first-order chi connectivity index (χ1) is 12.3. The highest BCUT2D eigenvalue weighted by Gasteiger charge is 2.37. The summed E-state index contributed by atoms with van der Waals surface area (Å²) in [6.07, 6.45) is 11.8. The Kier molecular flexibility index (Phi) is 9.37. The molecule has 1 saturated carbocycles. The zero-order valence-corrected chi connectivity index (χ0v) is 16.2. The molecule has 144 valence electrons. The first-order valence-electron chi connectivity index (χ1n) is 9.47. The maximum atomic E-state index is 12.3. The van der Waals surface area contributed by atoms with Crippen molar-refractivity contribution >= 4 is 11.8 Å². The van der Waals surface area contributed by atoms with Gasteiger partial charge in [0.25, 0.3) is 0 Å². The lowest BCUT2D eigenvalue weighted by atomic mass is 9.85. The molecule has 4 atom stereocenters. The standard InChI is InChI=1S/C22H32O4/c1-4-5-10-14-22(3,26)15-13-18-17(2)16-20(23)19(18)11-8-6-7-9-12-21(24)25/h6,8,13,15,17-19,26H,7,9-12,14,16H2,1-3H3,(H,24,25)/t17-,18+,19-,22?/m1/s1. The van der Waals surface area contributed by atoms with Gasteiger partial charge >= 0.3 is 5.97 Å². The van der Waals surface area contributed by atoms with Crippen molar-refractivity contribution in [2.75, 3.05) is 0 Å². The van der Waals surface area contributed by atoms with Crippen LogP contribution in [0.2, 0.25) is 0 Å². The molecule has 1 unspecified atom stereocenters. The third kappa shape index (κ3) is 8.01. The number of carbonyl (C=O) groups is 2. The lowest BCUT2D eigenvalue weighted by molar-refractivity contribution is -0.137. The smallest absolute Gasteiger partial charge is 0.303 e. The predicted octanol–water partition coefficient (Wildman–Crippen LogP) is 4.14. The Hall–Kier alpha value is -1.86. The predicted molar refractivity (Wildman–Crippen MR) is 103 cm³/mol. The molecule has 1 fully saturated rings. The molecule has 0 aromatic heterocycles. The van der Waals surface area contributed by atoms with E-state index in [-0.39, 0.29) is 30.0 Å². The third-order valence-electron chi connectivity index (χ3n) is 4.99. The molecule has 0 aromatic rings. The van der Waals surface area contributed by atoms with E-state index in [4.69, 9.17) is 5.11 Å². The van der Waals surface area contributed by atoms with Gasteiger partial charge in [0.1, 0.15) is 5.78 Å². The summed E-state index contributed by atoms with van der Waals surface area (Å²) in [6, 6.07) is 0. The Morgan fingerprint density at radius 3 is 2.77 bits per heavy atom. The molecule has 1 aliphatic carbocycles. The normalized spacial score (nSPS) is 25.4. The average molecular weight is 360 g/mol. The quantitative estimate of drug-likeness (QED) is 0.349. The average Bonchev–Trinajstić information content (AvgIpc) is 2.82. The maximum absolute atomic E-state index is 12.3. The summed E-state index contributed by atoms with van der Waals surface area (Å²) in [5.74, 6) is 5.65. The van der Waals surface area contributed by atoms with E-state index in [1.165, 1.54) is 0 Å². The second kappa shape index (κ2) is 11.0. The van der Waals surface area contributed by atoms with Crippen molar-refractivity contribution in [2.24, 2.45) is 17.8 Å². The van der Waals surface area contributed by atoms with Crippen LogP contribution < -0.4 is 0 Å². The van der Waals surface area contributed by atoms with E-state index in [1.54, 1.807) is 13.8 Å². The number of hydrogen-bond acceptors (Lipinski definition) is 3. The van der Waals surface area contributed by atoms with E-state index >= 15 is 0 Å². The molecule has 0 aromatic carbocycles. The van der Waals surface area contributed by atoms with Crippen molar-refractivity contribution in [3.8, 4) is 11.8 Å². The molecule has 0 aliphatic heterocycles. The van der Waals surface area contributed by atoms with Gasteiger partial charge in [0.05, 0.1) is 5.60 Å². The second-order valence-electron chi connectivity index (χ2n) is 7.47. The molecule has 2 N–H and O–H groups in total. The Labute approximate surface area is 157 Å². The topological polar surface area (TPSA) is 74.6 Å². The third-order valence-corrected chi connectivity index (χ3v) is 4.99. The van der Waals surface area contributed by atoms with Crippen LogP contribution >= 0.6 is 0 Å². The molecule has 4 nitrogen and oxygen atoms in total. The van der Waals surface area contributed by atoms with Gasteiger partial charge in [-0.25, -0.2) is 0 Å². The minimum Gasteiger partial charge on any atom is -0.481 e. The van der Waals surface area contributed by atoms with Crippen molar-refractivity contribution in [2.45, 2.75) is 71.3 Å². The van der Waals surface area contributed by atoms with E-state index in [1.807, 2.05) is 24.3 Å². The van der Waals surface area contributed by atoms with Gasteiger partial charge in [-0.3, -0.25) is 9.59 Å². The van der Waals surface area contributed by atoms with Crippen LogP contribution in [0.5, 0.6) is 0 Å². The van der Waals surface area contributed by atoms with Gasteiger partial charge in [-0.2, -0.15) is 0 Å². The highest BCUT2D eigenvalue weighted by Crippen LogP contribution is 2.38. The number of carboxylic acids is 1. The summed E-state index contributed by atoms with van der Waals surface area (Å²) in [5, 5.41) is 19.1. The molecule has 0 radical (unpaired) electrons. The summed E-state index contributed by atoms with van der Waals surface area (Å²) >= 11 is 0. The Balaban J connectivity index is 2.61. The molecule has 0 heterocycles. The number of unbranched alkanes of at least 4 members (excludes halogenated alkanes) is 1. The summed E-state index contributed by atoms with van der Waals surface area (Å²) in [5.41, 5.74) is -0.910. The number of aliphatic carboxylic acids is 1. The lowest BCUT2D eigenvalue weighted by Gasteiger charge is -2.21. The molecule has 0 saturated heterocycles. The number of Topliss-reactive ketones (excluding diaryl/α,β-unsaturated/α-hetero) is 1. The van der Waals surface area contributed by atoms with Crippen LogP contribution in [0.25, 0.3) is 0 Å². The molecule has 0 amide bonds. The zero-order chi connectivity index (χ0) is 19.6. The minimum absolute atomic E-state index is 0.0526. The SMILES string of the molecule is CC#CCCC(C)(O)C=C[C@H]1[C@H](C)CC(=O)[C@@H]1CC=CCCCC(=O)O. The van der Waals surface area contributed by atoms with E-state index in [0.29, 0.717) is 32.1 Å². The second-order valence-corrected chi connectivity index (χ2v) is 7.47. The van der Waals surface area contributed by atoms with Crippen LogP contribution in [0.15, 0.2) is 24.3 Å². The van der Waals surface area contributed by atoms with Crippen LogP contribution in [-0.4, -0.2) is 27.6 Å². The van der Waals surface area contributed by atoms with Crippen molar-refractivity contribution in [3.63, 3.8) is 0 Å². The van der Waals surface area contributed by atoms with Gasteiger partial charge in [-0.15, -0.1) is 11.8 Å². The number of hydrogen-bond donors (Lipinski definition) is 2. The lowest BCUT2D eigenvalue weighted by Crippen LogP contribution is -2.22. The van der Waals surface area contributed by atoms with Gasteiger partial charge in [-0.1, -0.05) is 31.2 Å². The first kappa shape index (κ1) is 22.2. The minimum atomic E-state index is -0.910. The molecule has 0 spiro atoms. The largest absolute Gasteiger partial charge is 0.481 e.